The second kappa shape index (κ2) is 19.7. The Hall–Kier alpha value is -6.54. The molecule has 2 atom stereocenters. The van der Waals surface area contributed by atoms with E-state index in [0.29, 0.717) is 33.7 Å². The largest absolute Gasteiger partial charge is 0.493 e. The van der Waals surface area contributed by atoms with Crippen molar-refractivity contribution in [2.45, 2.75) is 52.4 Å². The third-order valence-electron chi connectivity index (χ3n) is 10.3. The third-order valence-corrected chi connectivity index (χ3v) is 12.2. The lowest BCUT2D eigenvalue weighted by Gasteiger charge is -2.21. The number of fused-ring (bicyclic) bond motifs is 2. The molecule has 0 unspecified atom stereocenters. The molecule has 348 valence electrons. The molecule has 2 heterocycles. The van der Waals surface area contributed by atoms with E-state index in [1.54, 1.807) is 64.1 Å². The number of hydrogen-bond acceptors (Lipinski definition) is 14. The van der Waals surface area contributed by atoms with Crippen LogP contribution in [0.1, 0.15) is 71.6 Å². The maximum absolute atomic E-state index is 14.8. The summed E-state index contributed by atoms with van der Waals surface area (Å²) in [4.78, 5) is 56.9. The number of nitrogens with zero attached hydrogens (tertiary/aromatic N) is 3. The second-order valence-electron chi connectivity index (χ2n) is 15.5. The van der Waals surface area contributed by atoms with Gasteiger partial charge in [0.2, 0.25) is 0 Å². The predicted molar refractivity (Wildman–Crippen MR) is 244 cm³/mol. The van der Waals surface area contributed by atoms with Crippen molar-refractivity contribution in [1.29, 1.82) is 0 Å². The van der Waals surface area contributed by atoms with Crippen LogP contribution in [0.15, 0.2) is 82.4 Å². The molecule has 0 aliphatic rings. The van der Waals surface area contributed by atoms with Crippen LogP contribution in [0.4, 0.5) is 0 Å². The van der Waals surface area contributed by atoms with Gasteiger partial charge in [-0.2, -0.15) is 0 Å². The van der Waals surface area contributed by atoms with Gasteiger partial charge in [0, 0.05) is 12.5 Å². The molecule has 6 rings (SSSR count). The number of carbonyl (C=O) groups is 2. The van der Waals surface area contributed by atoms with E-state index < -0.39 is 72.7 Å². The Balaban J connectivity index is 1.44. The fraction of sp³-hybridized carbons (Fsp3) is 0.378. The van der Waals surface area contributed by atoms with Crippen molar-refractivity contribution in [3.8, 4) is 23.0 Å². The second-order valence-corrected chi connectivity index (χ2v) is 19.9. The van der Waals surface area contributed by atoms with Crippen LogP contribution in [0, 0.1) is 0 Å². The monoisotopic (exact) mass is 936 g/mol. The fourth-order valence-electron chi connectivity index (χ4n) is 7.62. The molecule has 0 bridgehead atoms. The van der Waals surface area contributed by atoms with Gasteiger partial charge in [-0.15, -0.1) is 0 Å². The fourth-order valence-corrected chi connectivity index (χ4v) is 9.45. The zero-order valence-electron chi connectivity index (χ0n) is 37.3. The zero-order chi connectivity index (χ0) is 47.4. The normalized spacial score (nSPS) is 12.9. The number of aromatic nitrogens is 4. The van der Waals surface area contributed by atoms with E-state index in [1.807, 2.05) is 0 Å². The van der Waals surface area contributed by atoms with Crippen LogP contribution in [-0.4, -0.2) is 112 Å². The molecule has 2 aromatic heterocycles. The third kappa shape index (κ3) is 10.9. The Morgan fingerprint density at radius 3 is 1.75 bits per heavy atom. The molecule has 65 heavy (non-hydrogen) atoms. The zero-order valence-corrected chi connectivity index (χ0v) is 38.9. The number of esters is 2. The van der Waals surface area contributed by atoms with Gasteiger partial charge in [-0.05, 0) is 99.5 Å². The van der Waals surface area contributed by atoms with Gasteiger partial charge in [-0.1, -0.05) is 12.1 Å². The molecule has 20 heteroatoms. The van der Waals surface area contributed by atoms with E-state index in [4.69, 9.17) is 28.4 Å². The molecule has 18 nitrogen and oxygen atoms in total. The van der Waals surface area contributed by atoms with Gasteiger partial charge in [0.1, 0.15) is 26.3 Å². The van der Waals surface area contributed by atoms with Crippen LogP contribution in [0.3, 0.4) is 0 Å². The number of nitrogens with one attached hydrogen (secondary N) is 1. The molecule has 0 aliphatic carbocycles. The lowest BCUT2D eigenvalue weighted by Crippen LogP contribution is -2.32. The van der Waals surface area contributed by atoms with Crippen LogP contribution >= 0.6 is 0 Å². The van der Waals surface area contributed by atoms with Crippen molar-refractivity contribution < 1.29 is 54.8 Å². The Kier molecular flexibility index (Phi) is 14.5. The molecule has 0 fully saturated rings. The van der Waals surface area contributed by atoms with Crippen molar-refractivity contribution in [1.82, 2.24) is 18.7 Å². The number of hydrogen-bond donors (Lipinski definition) is 1. The highest BCUT2D eigenvalue weighted by atomic mass is 32.2. The van der Waals surface area contributed by atoms with Crippen molar-refractivity contribution in [3.63, 3.8) is 0 Å². The smallest absolute Gasteiger partial charge is 0.338 e. The van der Waals surface area contributed by atoms with Crippen molar-refractivity contribution in [2.75, 3.05) is 58.1 Å². The summed E-state index contributed by atoms with van der Waals surface area (Å²) in [5.74, 6) is -1.13. The molecule has 0 radical (unpaired) electrons. The van der Waals surface area contributed by atoms with Gasteiger partial charge < -0.3 is 33.4 Å². The topological polar surface area (TPSA) is 223 Å². The summed E-state index contributed by atoms with van der Waals surface area (Å²) in [7, 11) is -4.62. The molecule has 0 saturated carbocycles. The standard InChI is InChI=1S/C45H52N4O14S2/c1-9-60-40-23-29(14-17-38(40)58-5)37(26-65(8,56)57)49-35-22-31(43(51)63-27(3)4)12-16-33(35)47(45(49)53)19-20-62-41-24-28(13-18-39(41)59-6)36(25-64(7,54)55)48-34-21-30(42(50)61-10-2)11-15-32(34)46-44(48)52/h11-18,21-24,27,36-37H,9-10,19-20,25-26H2,1-8H3,(H,46,52)/t36-,37-/m1/s1. The first-order chi connectivity index (χ1) is 30.8. The minimum absolute atomic E-state index is 0.102. The summed E-state index contributed by atoms with van der Waals surface area (Å²) >= 11 is 0. The number of rotatable bonds is 20. The highest BCUT2D eigenvalue weighted by Crippen LogP contribution is 2.35. The van der Waals surface area contributed by atoms with Gasteiger partial charge >= 0.3 is 23.3 Å². The Morgan fingerprint density at radius 1 is 0.646 bits per heavy atom. The minimum atomic E-state index is -3.76. The van der Waals surface area contributed by atoms with Crippen LogP contribution < -0.4 is 30.3 Å². The number of benzene rings is 4. The SMILES string of the molecule is CCOC(=O)c1ccc2[nH]c(=O)n([C@H](CS(C)(=O)=O)c3ccc(OC)c(OCCn4c(=O)n([C@H](CS(C)(=O)=O)c5ccc(OC)c(OCC)c5)c5cc(C(=O)OC(C)C)ccc54)c3)c2c1. The summed E-state index contributed by atoms with van der Waals surface area (Å²) in [6, 6.07) is 16.4. The molecule has 0 aliphatic heterocycles. The van der Waals surface area contributed by atoms with Gasteiger partial charge in [0.25, 0.3) is 0 Å². The number of sulfone groups is 2. The number of ether oxygens (including phenoxy) is 6. The summed E-state index contributed by atoms with van der Waals surface area (Å²) in [6.45, 7) is 6.98. The maximum atomic E-state index is 14.8. The number of carbonyl (C=O) groups excluding carboxylic acids is 2. The van der Waals surface area contributed by atoms with E-state index in [-0.39, 0.29) is 60.0 Å². The molecular weight excluding hydrogens is 885 g/mol. The van der Waals surface area contributed by atoms with Crippen molar-refractivity contribution in [3.05, 3.63) is 116 Å². The molecule has 6 aromatic rings. The van der Waals surface area contributed by atoms with Crippen LogP contribution in [-0.2, 0) is 35.7 Å². The highest BCUT2D eigenvalue weighted by molar-refractivity contribution is 7.90. The van der Waals surface area contributed by atoms with Crippen LogP contribution in [0.2, 0.25) is 0 Å². The van der Waals surface area contributed by atoms with E-state index in [2.05, 4.69) is 4.98 Å². The molecule has 0 saturated heterocycles. The summed E-state index contributed by atoms with van der Waals surface area (Å²) in [6.07, 6.45) is 1.66. The molecule has 4 aromatic carbocycles. The maximum Gasteiger partial charge on any atom is 0.338 e. The molecule has 0 amide bonds. The Labute approximate surface area is 375 Å². The quantitative estimate of drug-likeness (QED) is 0.100. The van der Waals surface area contributed by atoms with Crippen LogP contribution in [0.25, 0.3) is 22.1 Å². The van der Waals surface area contributed by atoms with Crippen molar-refractivity contribution >= 4 is 53.7 Å². The number of methoxy groups -OCH3 is 2. The van der Waals surface area contributed by atoms with Gasteiger partial charge in [0.15, 0.2) is 23.0 Å². The lowest BCUT2D eigenvalue weighted by molar-refractivity contribution is 0.0377. The average molecular weight is 937 g/mol. The number of H-pyrrole nitrogens is 1. The highest BCUT2D eigenvalue weighted by Gasteiger charge is 2.29. The minimum Gasteiger partial charge on any atom is -0.493 e. The molecule has 1 N–H and O–H groups in total. The lowest BCUT2D eigenvalue weighted by atomic mass is 10.1. The van der Waals surface area contributed by atoms with E-state index in [1.165, 1.54) is 64.3 Å². The van der Waals surface area contributed by atoms with E-state index >= 15 is 0 Å². The molecular formula is C45H52N4O14S2. The first kappa shape index (κ1) is 47.9. The summed E-state index contributed by atoms with van der Waals surface area (Å²) in [5.41, 5.74) is 1.05. The molecule has 0 spiro atoms. The number of imidazole rings is 2. The van der Waals surface area contributed by atoms with E-state index in [0.717, 1.165) is 12.5 Å². The van der Waals surface area contributed by atoms with Gasteiger partial charge in [-0.25, -0.2) is 36.0 Å². The van der Waals surface area contributed by atoms with Gasteiger partial charge in [0.05, 0.1) is 96.9 Å². The van der Waals surface area contributed by atoms with Crippen molar-refractivity contribution in [2.24, 2.45) is 0 Å². The van der Waals surface area contributed by atoms with Crippen LogP contribution in [0.5, 0.6) is 23.0 Å². The first-order valence-corrected chi connectivity index (χ1v) is 24.7. The summed E-state index contributed by atoms with van der Waals surface area (Å²) < 4.78 is 89.8. The Morgan fingerprint density at radius 2 is 1.20 bits per heavy atom. The van der Waals surface area contributed by atoms with Gasteiger partial charge in [-0.3, -0.25) is 13.7 Å². The first-order valence-electron chi connectivity index (χ1n) is 20.6. The Bertz CT molecular complexity index is 3090. The predicted octanol–water partition coefficient (Wildman–Crippen LogP) is 4.95. The summed E-state index contributed by atoms with van der Waals surface area (Å²) in [5, 5.41) is 0. The van der Waals surface area contributed by atoms with E-state index in [9.17, 15) is 36.0 Å². The average Bonchev–Trinajstić information content (AvgIpc) is 3.71. The number of aromatic amines is 1.